The Morgan fingerprint density at radius 3 is 1.43 bits per heavy atom. The van der Waals surface area contributed by atoms with Gasteiger partial charge in [0.1, 0.15) is 11.2 Å². The second kappa shape index (κ2) is 15.3. The van der Waals surface area contributed by atoms with E-state index in [1.165, 1.54) is 55.2 Å². The maximum Gasteiger partial charge on any atom is 0.137 e. The predicted molar refractivity (Wildman–Crippen MR) is 264 cm³/mol. The summed E-state index contributed by atoms with van der Waals surface area (Å²) < 4.78 is 8.85. The molecule has 12 rings (SSSR count). The van der Waals surface area contributed by atoms with Crippen LogP contribution < -0.4 is 4.90 Å². The maximum absolute atomic E-state index is 6.42. The lowest BCUT2D eigenvalue weighted by atomic mass is 10.0. The largest absolute Gasteiger partial charge is 0.456 e. The number of hydrogen-bond acceptors (Lipinski definition) is 2. The summed E-state index contributed by atoms with van der Waals surface area (Å²) in [7, 11) is 0. The molecule has 0 atom stereocenters. The number of furan rings is 1. The van der Waals surface area contributed by atoms with Crippen LogP contribution in [0.2, 0.25) is 0 Å². The third-order valence-corrected chi connectivity index (χ3v) is 12.4. The highest BCUT2D eigenvalue weighted by Crippen LogP contribution is 2.44. The Labute approximate surface area is 366 Å². The molecule has 10 aromatic carbocycles. The van der Waals surface area contributed by atoms with Crippen LogP contribution in [0, 0.1) is 0 Å². The Bertz CT molecular complexity index is 3510. The van der Waals surface area contributed by atoms with Crippen molar-refractivity contribution in [1.29, 1.82) is 0 Å². The van der Waals surface area contributed by atoms with Crippen LogP contribution in [0.25, 0.3) is 93.9 Å². The number of aromatic nitrogens is 1. The highest BCUT2D eigenvalue weighted by molar-refractivity contribution is 6.14. The van der Waals surface area contributed by atoms with E-state index >= 15 is 0 Å². The molecule has 0 aliphatic rings. The Hall–Kier alpha value is -8.40. The van der Waals surface area contributed by atoms with E-state index in [-0.39, 0.29) is 0 Å². The minimum atomic E-state index is 0.862. The second-order valence-electron chi connectivity index (χ2n) is 16.1. The van der Waals surface area contributed by atoms with Gasteiger partial charge in [-0.15, -0.1) is 0 Å². The van der Waals surface area contributed by atoms with Gasteiger partial charge in [-0.25, -0.2) is 0 Å². The van der Waals surface area contributed by atoms with Crippen LogP contribution in [-0.4, -0.2) is 4.57 Å². The van der Waals surface area contributed by atoms with Crippen molar-refractivity contribution in [2.45, 2.75) is 0 Å². The van der Waals surface area contributed by atoms with Crippen molar-refractivity contribution in [2.75, 3.05) is 4.90 Å². The minimum Gasteiger partial charge on any atom is -0.456 e. The maximum atomic E-state index is 6.42. The number of fused-ring (bicyclic) bond motifs is 6. The third-order valence-electron chi connectivity index (χ3n) is 12.4. The molecule has 12 aromatic rings. The van der Waals surface area contributed by atoms with E-state index in [1.54, 1.807) is 0 Å². The van der Waals surface area contributed by atoms with E-state index < -0.39 is 0 Å². The standard InChI is InChI=1S/C60H40N2O/c1-4-15-41(16-5-1)44-29-33-49(34-30-44)61(57-26-14-28-59-60(57)52-25-10-11-27-58(52)63-59)50-23-12-21-45(37-50)46-22-13-24-51(38-46)62-55-35-31-47(42-17-6-2-7-18-42)39-53(55)54-40-48(32-36-56(54)62)43-19-8-3-9-20-43/h1-40H. The third kappa shape index (κ3) is 6.46. The van der Waals surface area contributed by atoms with Crippen molar-refractivity contribution >= 4 is 60.8 Å². The molecule has 0 amide bonds. The monoisotopic (exact) mass is 804 g/mol. The number of anilines is 3. The van der Waals surface area contributed by atoms with E-state index in [4.69, 9.17) is 4.42 Å². The van der Waals surface area contributed by atoms with Gasteiger partial charge >= 0.3 is 0 Å². The highest BCUT2D eigenvalue weighted by atomic mass is 16.3. The van der Waals surface area contributed by atoms with Crippen LogP contribution in [-0.2, 0) is 0 Å². The van der Waals surface area contributed by atoms with Gasteiger partial charge in [-0.1, -0.05) is 164 Å². The van der Waals surface area contributed by atoms with E-state index in [0.29, 0.717) is 0 Å². The van der Waals surface area contributed by atoms with Crippen LogP contribution in [0.3, 0.4) is 0 Å². The lowest BCUT2D eigenvalue weighted by Gasteiger charge is -2.27. The second-order valence-corrected chi connectivity index (χ2v) is 16.1. The van der Waals surface area contributed by atoms with E-state index in [1.807, 2.05) is 12.1 Å². The summed E-state index contributed by atoms with van der Waals surface area (Å²) in [4.78, 5) is 2.37. The highest BCUT2D eigenvalue weighted by Gasteiger charge is 2.21. The molecule has 0 bridgehead atoms. The van der Waals surface area contributed by atoms with Crippen LogP contribution >= 0.6 is 0 Å². The number of benzene rings is 10. The van der Waals surface area contributed by atoms with Gasteiger partial charge in [0.05, 0.1) is 22.1 Å². The number of nitrogens with zero attached hydrogens (tertiary/aromatic N) is 2. The van der Waals surface area contributed by atoms with Gasteiger partial charge < -0.3 is 13.9 Å². The molecule has 0 fully saturated rings. The van der Waals surface area contributed by atoms with Crippen LogP contribution in [0.5, 0.6) is 0 Å². The summed E-state index contributed by atoms with van der Waals surface area (Å²) in [6.07, 6.45) is 0. The summed E-state index contributed by atoms with van der Waals surface area (Å²) in [6.45, 7) is 0. The molecule has 2 aromatic heterocycles. The lowest BCUT2D eigenvalue weighted by molar-refractivity contribution is 0.669. The predicted octanol–water partition coefficient (Wildman–Crippen LogP) is 16.8. The van der Waals surface area contributed by atoms with E-state index in [2.05, 4.69) is 240 Å². The molecule has 0 saturated carbocycles. The summed E-state index contributed by atoms with van der Waals surface area (Å²) in [5.74, 6) is 0. The van der Waals surface area contributed by atoms with Crippen LogP contribution in [0.1, 0.15) is 0 Å². The van der Waals surface area contributed by atoms with Gasteiger partial charge in [0, 0.05) is 33.2 Å². The van der Waals surface area contributed by atoms with Crippen molar-refractivity contribution in [2.24, 2.45) is 0 Å². The van der Waals surface area contributed by atoms with Gasteiger partial charge in [0.15, 0.2) is 0 Å². The fourth-order valence-electron chi connectivity index (χ4n) is 9.37. The number of hydrogen-bond donors (Lipinski definition) is 0. The molecule has 3 nitrogen and oxygen atoms in total. The summed E-state index contributed by atoms with van der Waals surface area (Å²) >= 11 is 0. The molecule has 0 radical (unpaired) electrons. The van der Waals surface area contributed by atoms with Crippen LogP contribution in [0.15, 0.2) is 247 Å². The molecular formula is C60H40N2O. The van der Waals surface area contributed by atoms with E-state index in [9.17, 15) is 0 Å². The van der Waals surface area contributed by atoms with Crippen molar-refractivity contribution in [3.05, 3.63) is 243 Å². The van der Waals surface area contributed by atoms with Gasteiger partial charge in [0.2, 0.25) is 0 Å². The molecule has 0 aliphatic heterocycles. The fourth-order valence-corrected chi connectivity index (χ4v) is 9.37. The van der Waals surface area contributed by atoms with Crippen molar-refractivity contribution in [3.8, 4) is 50.2 Å². The zero-order valence-corrected chi connectivity index (χ0v) is 34.4. The van der Waals surface area contributed by atoms with Crippen molar-refractivity contribution < 1.29 is 4.42 Å². The van der Waals surface area contributed by atoms with Gasteiger partial charge in [0.25, 0.3) is 0 Å². The smallest absolute Gasteiger partial charge is 0.137 e. The number of para-hydroxylation sites is 1. The molecule has 0 unspecified atom stereocenters. The quantitative estimate of drug-likeness (QED) is 0.153. The Balaban J connectivity index is 1.00. The minimum absolute atomic E-state index is 0.862. The Kier molecular flexibility index (Phi) is 8.83. The summed E-state index contributed by atoms with van der Waals surface area (Å²) in [5, 5.41) is 4.64. The zero-order chi connectivity index (χ0) is 41.7. The molecule has 0 N–H and O–H groups in total. The average molecular weight is 805 g/mol. The first-order valence-corrected chi connectivity index (χ1v) is 21.5. The molecule has 2 heterocycles. The summed E-state index contributed by atoms with van der Waals surface area (Å²) in [5.41, 5.74) is 17.8. The Morgan fingerprint density at radius 2 is 0.778 bits per heavy atom. The molecule has 0 aliphatic carbocycles. The Morgan fingerprint density at radius 1 is 0.302 bits per heavy atom. The first kappa shape index (κ1) is 36.5. The molecular weight excluding hydrogens is 765 g/mol. The summed E-state index contributed by atoms with van der Waals surface area (Å²) in [6, 6.07) is 87.1. The normalized spacial score (nSPS) is 11.5. The molecule has 3 heteroatoms. The fraction of sp³-hybridized carbons (Fsp3) is 0. The molecule has 63 heavy (non-hydrogen) atoms. The average Bonchev–Trinajstić information content (AvgIpc) is 3.91. The molecule has 296 valence electrons. The van der Waals surface area contributed by atoms with Crippen LogP contribution in [0.4, 0.5) is 17.1 Å². The zero-order valence-electron chi connectivity index (χ0n) is 34.4. The topological polar surface area (TPSA) is 21.3 Å². The van der Waals surface area contributed by atoms with Crippen molar-refractivity contribution in [3.63, 3.8) is 0 Å². The van der Waals surface area contributed by atoms with Gasteiger partial charge in [-0.05, 0) is 123 Å². The number of rotatable bonds is 8. The first-order valence-electron chi connectivity index (χ1n) is 21.5. The van der Waals surface area contributed by atoms with Gasteiger partial charge in [-0.3, -0.25) is 0 Å². The SMILES string of the molecule is c1ccc(-c2ccc(N(c3cccc(-c4cccc(-n5c6ccc(-c7ccccc7)cc6c6cc(-c7ccccc7)ccc65)c4)c3)c3cccc4oc5ccccc5c34)cc2)cc1. The molecule has 0 saturated heterocycles. The van der Waals surface area contributed by atoms with Gasteiger partial charge in [-0.2, -0.15) is 0 Å². The van der Waals surface area contributed by atoms with Crippen molar-refractivity contribution in [1.82, 2.24) is 4.57 Å². The lowest BCUT2D eigenvalue weighted by Crippen LogP contribution is -2.10. The molecule has 0 spiro atoms. The first-order chi connectivity index (χ1) is 31.2. The van der Waals surface area contributed by atoms with E-state index in [0.717, 1.165) is 55.8 Å².